The van der Waals surface area contributed by atoms with Crippen LogP contribution >= 0.6 is 0 Å². The number of piperidine rings is 1. The maximum absolute atomic E-state index is 3.98. The van der Waals surface area contributed by atoms with Crippen molar-refractivity contribution >= 4 is 0 Å². The molecule has 2 aliphatic heterocycles. The molecule has 0 amide bonds. The average molecular weight is 242 g/mol. The zero-order valence-corrected chi connectivity index (χ0v) is 10.9. The molecule has 1 aromatic rings. The Morgan fingerprint density at radius 3 is 2.94 bits per heavy atom. The number of rotatable bonds is 2. The van der Waals surface area contributed by atoms with Crippen LogP contribution < -0.4 is 5.32 Å². The van der Waals surface area contributed by atoms with Crippen molar-refractivity contribution in [2.75, 3.05) is 19.6 Å². The van der Waals surface area contributed by atoms with Gasteiger partial charge < -0.3 is 10.2 Å². The van der Waals surface area contributed by atoms with Crippen LogP contribution in [0.3, 0.4) is 0 Å². The summed E-state index contributed by atoms with van der Waals surface area (Å²) in [4.78, 5) is 2.63. The highest BCUT2D eigenvalue weighted by Crippen LogP contribution is 2.34. The largest absolute Gasteiger partial charge is 0.307 e. The first-order valence-corrected chi connectivity index (χ1v) is 7.46. The third-order valence-corrected chi connectivity index (χ3v) is 5.18. The van der Waals surface area contributed by atoms with Crippen molar-refractivity contribution in [1.82, 2.24) is 10.2 Å². The topological polar surface area (TPSA) is 15.3 Å². The molecule has 1 aliphatic carbocycles. The molecule has 0 aromatic heterocycles. The van der Waals surface area contributed by atoms with E-state index in [-0.39, 0.29) is 0 Å². The molecule has 3 aliphatic rings. The molecule has 1 aromatic carbocycles. The van der Waals surface area contributed by atoms with Crippen LogP contribution in [0.4, 0.5) is 0 Å². The minimum atomic E-state index is 0.623. The number of fused-ring (bicyclic) bond motifs is 3. The van der Waals surface area contributed by atoms with E-state index in [4.69, 9.17) is 0 Å². The fourth-order valence-corrected chi connectivity index (χ4v) is 4.16. The molecule has 0 radical (unpaired) electrons. The standard InChI is InChI=1S/C16H22N2/c1-2-4-14-12(3-1)5-6-16(14)17-15-8-10-18-9-7-13(15)11-18/h1-4,13,15-17H,5-11H2. The molecule has 2 saturated heterocycles. The summed E-state index contributed by atoms with van der Waals surface area (Å²) in [6, 6.07) is 10.4. The maximum atomic E-state index is 3.98. The molecule has 0 spiro atoms. The second-order valence-corrected chi connectivity index (χ2v) is 6.20. The molecular formula is C16H22N2. The van der Waals surface area contributed by atoms with Gasteiger partial charge in [-0.1, -0.05) is 24.3 Å². The molecule has 18 heavy (non-hydrogen) atoms. The van der Waals surface area contributed by atoms with E-state index in [0.29, 0.717) is 6.04 Å². The van der Waals surface area contributed by atoms with Crippen LogP contribution in [0.25, 0.3) is 0 Å². The van der Waals surface area contributed by atoms with E-state index in [9.17, 15) is 0 Å². The van der Waals surface area contributed by atoms with Crippen molar-refractivity contribution in [2.45, 2.75) is 37.8 Å². The van der Waals surface area contributed by atoms with Gasteiger partial charge in [0.25, 0.3) is 0 Å². The van der Waals surface area contributed by atoms with E-state index >= 15 is 0 Å². The Balaban J connectivity index is 1.49. The molecule has 2 fully saturated rings. The fourth-order valence-electron chi connectivity index (χ4n) is 4.16. The molecule has 0 saturated carbocycles. The lowest BCUT2D eigenvalue weighted by molar-refractivity contribution is 0.209. The third kappa shape index (κ3) is 1.79. The molecule has 1 N–H and O–H groups in total. The summed E-state index contributed by atoms with van der Waals surface area (Å²) in [6.07, 6.45) is 5.32. The molecule has 4 unspecified atom stereocenters. The average Bonchev–Trinajstić information content (AvgIpc) is 2.98. The predicted octanol–water partition coefficient (Wildman–Crippen LogP) is 2.36. The number of nitrogens with one attached hydrogen (secondary N) is 1. The Morgan fingerprint density at radius 1 is 1.06 bits per heavy atom. The van der Waals surface area contributed by atoms with Crippen LogP contribution in [-0.2, 0) is 6.42 Å². The second-order valence-electron chi connectivity index (χ2n) is 6.20. The summed E-state index contributed by atoms with van der Waals surface area (Å²) in [5, 5.41) is 3.98. The first-order chi connectivity index (χ1) is 8.90. The van der Waals surface area contributed by atoms with Crippen LogP contribution in [-0.4, -0.2) is 30.6 Å². The second kappa shape index (κ2) is 4.36. The highest BCUT2D eigenvalue weighted by Gasteiger charge is 2.36. The Morgan fingerprint density at radius 2 is 1.94 bits per heavy atom. The molecule has 96 valence electrons. The third-order valence-electron chi connectivity index (χ3n) is 5.18. The van der Waals surface area contributed by atoms with Crippen molar-refractivity contribution in [3.8, 4) is 0 Å². The van der Waals surface area contributed by atoms with Crippen LogP contribution in [0.1, 0.15) is 36.4 Å². The maximum Gasteiger partial charge on any atom is 0.0328 e. The smallest absolute Gasteiger partial charge is 0.0328 e. The zero-order chi connectivity index (χ0) is 11.9. The van der Waals surface area contributed by atoms with Crippen molar-refractivity contribution in [3.63, 3.8) is 0 Å². The van der Waals surface area contributed by atoms with Crippen LogP contribution in [0.5, 0.6) is 0 Å². The van der Waals surface area contributed by atoms with Crippen LogP contribution in [0.15, 0.2) is 24.3 Å². The van der Waals surface area contributed by atoms with Crippen LogP contribution in [0.2, 0.25) is 0 Å². The quantitative estimate of drug-likeness (QED) is 0.856. The SMILES string of the molecule is c1ccc2c(c1)CCC2NC1CCN2CCC1C2. The summed E-state index contributed by atoms with van der Waals surface area (Å²) >= 11 is 0. The van der Waals surface area contributed by atoms with E-state index in [2.05, 4.69) is 34.5 Å². The van der Waals surface area contributed by atoms with Crippen molar-refractivity contribution < 1.29 is 0 Å². The van der Waals surface area contributed by atoms with Gasteiger partial charge in [0.15, 0.2) is 0 Å². The van der Waals surface area contributed by atoms with Crippen molar-refractivity contribution in [2.24, 2.45) is 5.92 Å². The van der Waals surface area contributed by atoms with E-state index in [0.717, 1.165) is 12.0 Å². The normalized spacial score (nSPS) is 37.8. The lowest BCUT2D eigenvalue weighted by Crippen LogP contribution is -2.44. The molecule has 2 bridgehead atoms. The van der Waals surface area contributed by atoms with Gasteiger partial charge in [-0.25, -0.2) is 0 Å². The van der Waals surface area contributed by atoms with Crippen molar-refractivity contribution in [1.29, 1.82) is 0 Å². The minimum Gasteiger partial charge on any atom is -0.307 e. The molecule has 4 atom stereocenters. The Kier molecular flexibility index (Phi) is 2.66. The fraction of sp³-hybridized carbons (Fsp3) is 0.625. The van der Waals surface area contributed by atoms with E-state index in [1.54, 1.807) is 11.1 Å². The lowest BCUT2D eigenvalue weighted by atomic mass is 9.93. The summed E-state index contributed by atoms with van der Waals surface area (Å²) < 4.78 is 0. The molecular weight excluding hydrogens is 220 g/mol. The number of hydrogen-bond acceptors (Lipinski definition) is 2. The summed E-state index contributed by atoms with van der Waals surface area (Å²) in [5.74, 6) is 0.909. The molecule has 2 heteroatoms. The number of benzene rings is 1. The predicted molar refractivity (Wildman–Crippen MR) is 73.6 cm³/mol. The van der Waals surface area contributed by atoms with Crippen LogP contribution in [0, 0.1) is 5.92 Å². The van der Waals surface area contributed by atoms with Gasteiger partial charge in [0.05, 0.1) is 0 Å². The zero-order valence-electron chi connectivity index (χ0n) is 10.9. The molecule has 4 rings (SSSR count). The van der Waals surface area contributed by atoms with Gasteiger partial charge in [-0.3, -0.25) is 0 Å². The van der Waals surface area contributed by atoms with Gasteiger partial charge in [0, 0.05) is 18.6 Å². The first-order valence-electron chi connectivity index (χ1n) is 7.46. The number of hydrogen-bond donors (Lipinski definition) is 1. The molecule has 2 heterocycles. The number of nitrogens with zero attached hydrogens (tertiary/aromatic N) is 1. The van der Waals surface area contributed by atoms with Gasteiger partial charge >= 0.3 is 0 Å². The van der Waals surface area contributed by atoms with Gasteiger partial charge in [-0.2, -0.15) is 0 Å². The van der Waals surface area contributed by atoms with E-state index in [1.165, 1.54) is 45.3 Å². The minimum absolute atomic E-state index is 0.623. The lowest BCUT2D eigenvalue weighted by Gasteiger charge is -2.33. The molecule has 2 nitrogen and oxygen atoms in total. The van der Waals surface area contributed by atoms with E-state index in [1.807, 2.05) is 0 Å². The Hall–Kier alpha value is -0.860. The van der Waals surface area contributed by atoms with E-state index < -0.39 is 0 Å². The monoisotopic (exact) mass is 242 g/mol. The number of aryl methyl sites for hydroxylation is 1. The highest BCUT2D eigenvalue weighted by molar-refractivity contribution is 5.34. The van der Waals surface area contributed by atoms with Gasteiger partial charge in [0.1, 0.15) is 0 Å². The summed E-state index contributed by atoms with van der Waals surface area (Å²) in [7, 11) is 0. The Labute approximate surface area is 109 Å². The first kappa shape index (κ1) is 11.0. The summed E-state index contributed by atoms with van der Waals surface area (Å²) in [6.45, 7) is 3.98. The van der Waals surface area contributed by atoms with Gasteiger partial charge in [-0.15, -0.1) is 0 Å². The highest BCUT2D eigenvalue weighted by atomic mass is 15.2. The van der Waals surface area contributed by atoms with Gasteiger partial charge in [0.2, 0.25) is 0 Å². The summed E-state index contributed by atoms with van der Waals surface area (Å²) in [5.41, 5.74) is 3.14. The van der Waals surface area contributed by atoms with Gasteiger partial charge in [-0.05, 0) is 55.8 Å². The van der Waals surface area contributed by atoms with Crippen molar-refractivity contribution in [3.05, 3.63) is 35.4 Å². The Bertz CT molecular complexity index is 442.